The lowest BCUT2D eigenvalue weighted by Crippen LogP contribution is -2.50. The second-order valence-electron chi connectivity index (χ2n) is 11.8. The Hall–Kier alpha value is -1.67. The highest BCUT2D eigenvalue weighted by atomic mass is 16.3. The number of aldehydes is 1. The van der Waals surface area contributed by atoms with Crippen LogP contribution in [0.3, 0.4) is 0 Å². The van der Waals surface area contributed by atoms with E-state index in [0.29, 0.717) is 16.9 Å². The lowest BCUT2D eigenvalue weighted by atomic mass is 9.49. The lowest BCUT2D eigenvalue weighted by Gasteiger charge is -2.57. The average molecular weight is 424 g/mol. The Balaban J connectivity index is 1.31. The molecule has 31 heavy (non-hydrogen) atoms. The second kappa shape index (κ2) is 7.73. The molecular formula is C26H37N3O2. The first-order chi connectivity index (χ1) is 14.8. The number of hydrogen-bond acceptors (Lipinski definition) is 4. The van der Waals surface area contributed by atoms with E-state index in [4.69, 9.17) is 5.26 Å². The van der Waals surface area contributed by atoms with Gasteiger partial charge in [0.15, 0.2) is 0 Å². The Bertz CT molecular complexity index is 870. The van der Waals surface area contributed by atoms with Crippen LogP contribution in [0.4, 0.5) is 0 Å². The highest BCUT2D eigenvalue weighted by Gasteiger charge is 2.57. The third-order valence-electron chi connectivity index (χ3n) is 10.2. The number of aliphatic hydroxyl groups is 1. The van der Waals surface area contributed by atoms with Gasteiger partial charge in [-0.3, -0.25) is 4.68 Å². The van der Waals surface area contributed by atoms with E-state index in [0.717, 1.165) is 55.1 Å². The molecule has 0 aliphatic heterocycles. The number of rotatable bonds is 4. The van der Waals surface area contributed by atoms with Crippen molar-refractivity contribution in [3.63, 3.8) is 0 Å². The molecule has 5 heteroatoms. The minimum atomic E-state index is -0.447. The molecule has 0 bridgehead atoms. The van der Waals surface area contributed by atoms with Gasteiger partial charge in [-0.05, 0) is 112 Å². The van der Waals surface area contributed by atoms with E-state index in [2.05, 4.69) is 18.1 Å². The first-order valence-corrected chi connectivity index (χ1v) is 12.5. The van der Waals surface area contributed by atoms with Gasteiger partial charge in [-0.2, -0.15) is 10.4 Å². The summed E-state index contributed by atoms with van der Waals surface area (Å²) in [7, 11) is 0. The van der Waals surface area contributed by atoms with Crippen molar-refractivity contribution >= 4 is 6.29 Å². The molecule has 4 fully saturated rings. The predicted molar refractivity (Wildman–Crippen MR) is 118 cm³/mol. The van der Waals surface area contributed by atoms with Crippen molar-refractivity contribution in [2.75, 3.05) is 0 Å². The summed E-state index contributed by atoms with van der Waals surface area (Å²) in [6.45, 7) is 4.55. The van der Waals surface area contributed by atoms with Crippen LogP contribution in [-0.2, 0) is 4.79 Å². The molecule has 1 N–H and O–H groups in total. The van der Waals surface area contributed by atoms with E-state index < -0.39 is 5.60 Å². The van der Waals surface area contributed by atoms with Crippen LogP contribution < -0.4 is 0 Å². The van der Waals surface area contributed by atoms with Crippen molar-refractivity contribution in [1.29, 1.82) is 5.26 Å². The molecule has 1 aromatic heterocycles. The maximum Gasteiger partial charge on any atom is 0.144 e. The highest BCUT2D eigenvalue weighted by molar-refractivity contribution is 5.55. The summed E-state index contributed by atoms with van der Waals surface area (Å²) in [6, 6.07) is 1.85. The summed E-state index contributed by atoms with van der Waals surface area (Å²) in [5.74, 6) is 4.54. The topological polar surface area (TPSA) is 78.9 Å². The van der Waals surface area contributed by atoms with Gasteiger partial charge >= 0.3 is 0 Å². The number of hydrogen-bond donors (Lipinski definition) is 1. The fourth-order valence-corrected chi connectivity index (χ4v) is 8.67. The van der Waals surface area contributed by atoms with E-state index >= 15 is 0 Å². The fourth-order valence-electron chi connectivity index (χ4n) is 8.67. The summed E-state index contributed by atoms with van der Waals surface area (Å²) in [5, 5.41) is 24.0. The van der Waals surface area contributed by atoms with Gasteiger partial charge in [-0.1, -0.05) is 6.92 Å². The molecule has 168 valence electrons. The van der Waals surface area contributed by atoms with Crippen molar-refractivity contribution in [3.8, 4) is 6.07 Å². The molecule has 0 spiro atoms. The van der Waals surface area contributed by atoms with Crippen molar-refractivity contribution in [2.24, 2.45) is 40.9 Å². The summed E-state index contributed by atoms with van der Waals surface area (Å²) in [5.41, 5.74) is 0.393. The Kier molecular flexibility index (Phi) is 5.28. The van der Waals surface area contributed by atoms with E-state index in [1.54, 1.807) is 17.1 Å². The van der Waals surface area contributed by atoms with Crippen LogP contribution in [0.2, 0.25) is 0 Å². The molecule has 4 aliphatic rings. The first-order valence-electron chi connectivity index (χ1n) is 12.5. The van der Waals surface area contributed by atoms with Crippen LogP contribution in [0.5, 0.6) is 0 Å². The van der Waals surface area contributed by atoms with Crippen LogP contribution in [0.15, 0.2) is 12.4 Å². The molecule has 0 saturated heterocycles. The summed E-state index contributed by atoms with van der Waals surface area (Å²) < 4.78 is 1.70. The fraction of sp³-hybridized carbons (Fsp3) is 0.808. The Morgan fingerprint density at radius 1 is 1.19 bits per heavy atom. The van der Waals surface area contributed by atoms with E-state index in [1.807, 2.05) is 6.92 Å². The number of fused-ring (bicyclic) bond motifs is 5. The van der Waals surface area contributed by atoms with E-state index in [1.165, 1.54) is 44.9 Å². The number of carbonyl (C=O) groups is 1. The van der Waals surface area contributed by atoms with Gasteiger partial charge in [0.25, 0.3) is 0 Å². The standard InChI is InChI=1S/C26H37N3O2/c1-25(31)9-7-21-18(12-25)3-5-23-22(21)8-10-26(2)19(4-6-24(23)26)11-20(16-30)29-15-17(13-27)14-28-29/h14-16,18-24,31H,3-12H2,1-2H3/t18-,19+,20-,21+,22-,23-,24+,25-,26+/m1/s1. The molecule has 9 atom stereocenters. The predicted octanol–water partition coefficient (Wildman–Crippen LogP) is 4.90. The van der Waals surface area contributed by atoms with Gasteiger partial charge in [-0.25, -0.2) is 0 Å². The summed E-state index contributed by atoms with van der Waals surface area (Å²) in [4.78, 5) is 11.9. The van der Waals surface area contributed by atoms with Gasteiger partial charge in [0.1, 0.15) is 18.4 Å². The quantitative estimate of drug-likeness (QED) is 0.698. The molecule has 4 saturated carbocycles. The lowest BCUT2D eigenvalue weighted by molar-refractivity contribution is -0.113. The minimum Gasteiger partial charge on any atom is -0.390 e. The van der Waals surface area contributed by atoms with E-state index in [-0.39, 0.29) is 6.04 Å². The van der Waals surface area contributed by atoms with Crippen LogP contribution in [0, 0.1) is 52.3 Å². The molecule has 1 heterocycles. The zero-order valence-electron chi connectivity index (χ0n) is 19.0. The Morgan fingerprint density at radius 2 is 2.00 bits per heavy atom. The van der Waals surface area contributed by atoms with Gasteiger partial charge < -0.3 is 9.90 Å². The van der Waals surface area contributed by atoms with E-state index in [9.17, 15) is 9.90 Å². The largest absolute Gasteiger partial charge is 0.390 e. The number of nitriles is 1. The van der Waals surface area contributed by atoms with Crippen molar-refractivity contribution in [3.05, 3.63) is 18.0 Å². The van der Waals surface area contributed by atoms with Crippen LogP contribution in [-0.4, -0.2) is 26.8 Å². The highest BCUT2D eigenvalue weighted by Crippen LogP contribution is 2.65. The zero-order chi connectivity index (χ0) is 21.8. The monoisotopic (exact) mass is 423 g/mol. The number of nitrogens with zero attached hydrogens (tertiary/aromatic N) is 3. The minimum absolute atomic E-state index is 0.267. The maximum absolute atomic E-state index is 11.9. The molecule has 0 amide bonds. The molecule has 1 aromatic rings. The van der Waals surface area contributed by atoms with Crippen LogP contribution >= 0.6 is 0 Å². The number of aromatic nitrogens is 2. The molecule has 4 aliphatic carbocycles. The third kappa shape index (κ3) is 3.55. The van der Waals surface area contributed by atoms with Crippen molar-refractivity contribution in [1.82, 2.24) is 9.78 Å². The number of carbonyl (C=O) groups excluding carboxylic acids is 1. The zero-order valence-corrected chi connectivity index (χ0v) is 19.0. The Labute approximate surface area is 186 Å². The average Bonchev–Trinajstić information content (AvgIpc) is 3.35. The van der Waals surface area contributed by atoms with Crippen molar-refractivity contribution in [2.45, 2.75) is 89.7 Å². The summed E-state index contributed by atoms with van der Waals surface area (Å²) in [6.07, 6.45) is 16.0. The second-order valence-corrected chi connectivity index (χ2v) is 11.8. The molecular weight excluding hydrogens is 386 g/mol. The molecule has 0 aromatic carbocycles. The molecule has 0 radical (unpaired) electrons. The third-order valence-corrected chi connectivity index (χ3v) is 10.2. The SMILES string of the molecule is C[C@@]1(O)CC[C@H]2[C@H](CC[C@@H]3[C@@H]2CC[C@@]2(C)[C@H](C[C@H](C=O)n4cc(C#N)cn4)CC[C@@H]32)C1. The van der Waals surface area contributed by atoms with Gasteiger partial charge in [0.2, 0.25) is 0 Å². The van der Waals surface area contributed by atoms with Crippen LogP contribution in [0.25, 0.3) is 0 Å². The normalized spacial score (nSPS) is 45.1. The summed E-state index contributed by atoms with van der Waals surface area (Å²) >= 11 is 0. The molecule has 5 nitrogen and oxygen atoms in total. The Morgan fingerprint density at radius 3 is 2.74 bits per heavy atom. The first kappa shape index (κ1) is 21.2. The van der Waals surface area contributed by atoms with Gasteiger partial charge in [-0.15, -0.1) is 0 Å². The van der Waals surface area contributed by atoms with Gasteiger partial charge in [0.05, 0.1) is 17.4 Å². The maximum atomic E-state index is 11.9. The molecule has 5 rings (SSSR count). The van der Waals surface area contributed by atoms with Crippen molar-refractivity contribution < 1.29 is 9.90 Å². The molecule has 0 unspecified atom stereocenters. The van der Waals surface area contributed by atoms with Gasteiger partial charge in [0, 0.05) is 6.20 Å². The smallest absolute Gasteiger partial charge is 0.144 e. The van der Waals surface area contributed by atoms with Crippen LogP contribution in [0.1, 0.15) is 89.7 Å².